The van der Waals surface area contributed by atoms with Crippen molar-refractivity contribution in [1.82, 2.24) is 5.16 Å². The molecular formula is C21H17NO2S. The molecule has 0 atom stereocenters. The molecule has 4 aromatic rings. The maximum Gasteiger partial charge on any atom is 0.167 e. The summed E-state index contributed by atoms with van der Waals surface area (Å²) in [4.78, 5) is 1.23. The minimum Gasteiger partial charge on any atom is -0.497 e. The van der Waals surface area contributed by atoms with Gasteiger partial charge in [0.15, 0.2) is 5.76 Å². The summed E-state index contributed by atoms with van der Waals surface area (Å²) < 4.78 is 10.9. The van der Waals surface area contributed by atoms with Crippen LogP contribution in [0.4, 0.5) is 0 Å². The number of aromatic nitrogens is 1. The van der Waals surface area contributed by atoms with Gasteiger partial charge in [-0.2, -0.15) is 0 Å². The van der Waals surface area contributed by atoms with Gasteiger partial charge in [-0.15, -0.1) is 11.8 Å². The zero-order valence-electron chi connectivity index (χ0n) is 14.0. The number of hydrogen-bond acceptors (Lipinski definition) is 4. The van der Waals surface area contributed by atoms with Crippen LogP contribution in [0.15, 0.2) is 76.1 Å². The summed E-state index contributed by atoms with van der Waals surface area (Å²) in [5.74, 6) is 1.62. The minimum atomic E-state index is 0.765. The van der Waals surface area contributed by atoms with Crippen molar-refractivity contribution in [3.05, 3.63) is 66.7 Å². The molecule has 0 amide bonds. The standard InChI is InChI=1S/C21H17NO2S/c1-23-18-8-5-15-11-17(4-3-16(15)12-18)21-13-20(22-24-21)14-6-9-19(25-2)10-7-14/h3-13H,1-2H3. The highest BCUT2D eigenvalue weighted by molar-refractivity contribution is 7.98. The van der Waals surface area contributed by atoms with Crippen molar-refractivity contribution in [2.75, 3.05) is 13.4 Å². The smallest absolute Gasteiger partial charge is 0.167 e. The van der Waals surface area contributed by atoms with Crippen LogP contribution in [-0.4, -0.2) is 18.5 Å². The maximum atomic E-state index is 5.58. The lowest BCUT2D eigenvalue weighted by Crippen LogP contribution is -1.82. The average molecular weight is 347 g/mol. The van der Waals surface area contributed by atoms with Gasteiger partial charge in [0, 0.05) is 22.1 Å². The molecule has 3 aromatic carbocycles. The topological polar surface area (TPSA) is 35.3 Å². The molecule has 1 heterocycles. The van der Waals surface area contributed by atoms with Crippen LogP contribution in [0.3, 0.4) is 0 Å². The van der Waals surface area contributed by atoms with Crippen LogP contribution < -0.4 is 4.74 Å². The van der Waals surface area contributed by atoms with Gasteiger partial charge in [-0.1, -0.05) is 35.5 Å². The summed E-state index contributed by atoms with van der Waals surface area (Å²) in [6, 6.07) is 22.6. The van der Waals surface area contributed by atoms with Crippen LogP contribution in [-0.2, 0) is 0 Å². The van der Waals surface area contributed by atoms with E-state index in [0.29, 0.717) is 0 Å². The Morgan fingerprint density at radius 3 is 2.32 bits per heavy atom. The fourth-order valence-electron chi connectivity index (χ4n) is 2.81. The second kappa shape index (κ2) is 6.65. The summed E-state index contributed by atoms with van der Waals surface area (Å²) in [6.45, 7) is 0. The zero-order chi connectivity index (χ0) is 17.2. The van der Waals surface area contributed by atoms with Crippen molar-refractivity contribution >= 4 is 22.5 Å². The largest absolute Gasteiger partial charge is 0.497 e. The van der Waals surface area contributed by atoms with Gasteiger partial charge in [0.05, 0.1) is 7.11 Å². The predicted octanol–water partition coefficient (Wildman–Crippen LogP) is 5.89. The molecule has 4 rings (SSSR count). The molecule has 0 spiro atoms. The van der Waals surface area contributed by atoms with Gasteiger partial charge in [-0.3, -0.25) is 0 Å². The van der Waals surface area contributed by atoms with Crippen LogP contribution in [0.5, 0.6) is 5.75 Å². The third-order valence-corrected chi connectivity index (χ3v) is 4.97. The summed E-state index contributed by atoms with van der Waals surface area (Å²) in [6.07, 6.45) is 2.07. The first kappa shape index (κ1) is 15.8. The zero-order valence-corrected chi connectivity index (χ0v) is 14.8. The van der Waals surface area contributed by atoms with Crippen LogP contribution >= 0.6 is 11.8 Å². The fourth-order valence-corrected chi connectivity index (χ4v) is 3.22. The Labute approximate surface area is 150 Å². The fraction of sp³-hybridized carbons (Fsp3) is 0.0952. The minimum absolute atomic E-state index is 0.765. The number of methoxy groups -OCH3 is 1. The molecule has 0 N–H and O–H groups in total. The molecule has 0 saturated carbocycles. The number of ether oxygens (including phenoxy) is 1. The lowest BCUT2D eigenvalue weighted by molar-refractivity contribution is 0.415. The molecule has 0 unspecified atom stereocenters. The van der Waals surface area contributed by atoms with Gasteiger partial charge >= 0.3 is 0 Å². The quantitative estimate of drug-likeness (QED) is 0.431. The van der Waals surface area contributed by atoms with Gasteiger partial charge in [0.25, 0.3) is 0 Å². The van der Waals surface area contributed by atoms with Crippen molar-refractivity contribution in [2.45, 2.75) is 4.90 Å². The van der Waals surface area contributed by atoms with Crippen molar-refractivity contribution in [3.8, 4) is 28.3 Å². The lowest BCUT2D eigenvalue weighted by atomic mass is 10.0. The Bertz CT molecular complexity index is 1020. The molecule has 0 bridgehead atoms. The number of benzene rings is 3. The summed E-state index contributed by atoms with van der Waals surface area (Å²) in [5, 5.41) is 6.50. The number of thioether (sulfide) groups is 1. The van der Waals surface area contributed by atoms with E-state index in [0.717, 1.165) is 39.1 Å². The first-order chi connectivity index (χ1) is 12.3. The van der Waals surface area contributed by atoms with Crippen molar-refractivity contribution in [1.29, 1.82) is 0 Å². The maximum absolute atomic E-state index is 5.58. The van der Waals surface area contributed by atoms with E-state index in [9.17, 15) is 0 Å². The van der Waals surface area contributed by atoms with Gasteiger partial charge in [-0.25, -0.2) is 0 Å². The molecule has 124 valence electrons. The molecule has 4 heteroatoms. The molecule has 0 aliphatic carbocycles. The second-order valence-corrected chi connectivity index (χ2v) is 6.61. The first-order valence-corrected chi connectivity index (χ1v) is 9.18. The second-order valence-electron chi connectivity index (χ2n) is 5.73. The van der Waals surface area contributed by atoms with Crippen molar-refractivity contribution in [3.63, 3.8) is 0 Å². The van der Waals surface area contributed by atoms with E-state index in [4.69, 9.17) is 9.26 Å². The van der Waals surface area contributed by atoms with Crippen molar-refractivity contribution < 1.29 is 9.26 Å². The van der Waals surface area contributed by atoms with Crippen molar-refractivity contribution in [2.24, 2.45) is 0 Å². The van der Waals surface area contributed by atoms with Crippen LogP contribution in [0.1, 0.15) is 0 Å². The molecule has 3 nitrogen and oxygen atoms in total. The third-order valence-electron chi connectivity index (χ3n) is 4.23. The molecule has 25 heavy (non-hydrogen) atoms. The number of rotatable bonds is 4. The van der Waals surface area contributed by atoms with E-state index in [1.54, 1.807) is 18.9 Å². The van der Waals surface area contributed by atoms with Gasteiger partial charge in [-0.05, 0) is 47.4 Å². The molecule has 1 aromatic heterocycles. The van der Waals surface area contributed by atoms with E-state index >= 15 is 0 Å². The normalized spacial score (nSPS) is 11.0. The van der Waals surface area contributed by atoms with Gasteiger partial charge in [0.1, 0.15) is 11.4 Å². The summed E-state index contributed by atoms with van der Waals surface area (Å²) in [5.41, 5.74) is 2.91. The summed E-state index contributed by atoms with van der Waals surface area (Å²) in [7, 11) is 1.68. The Hall–Kier alpha value is -2.72. The molecular weight excluding hydrogens is 330 g/mol. The number of hydrogen-bond donors (Lipinski definition) is 0. The molecule has 0 aliphatic rings. The first-order valence-electron chi connectivity index (χ1n) is 7.96. The van der Waals surface area contributed by atoms with E-state index < -0.39 is 0 Å². The van der Waals surface area contributed by atoms with Crippen LogP contribution in [0.25, 0.3) is 33.4 Å². The Morgan fingerprint density at radius 1 is 0.840 bits per heavy atom. The van der Waals surface area contributed by atoms with Gasteiger partial charge in [0.2, 0.25) is 0 Å². The molecule has 0 aliphatic heterocycles. The van der Waals surface area contributed by atoms with Crippen LogP contribution in [0.2, 0.25) is 0 Å². The highest BCUT2D eigenvalue weighted by Crippen LogP contribution is 2.30. The Balaban J connectivity index is 1.68. The predicted molar refractivity (Wildman–Crippen MR) is 103 cm³/mol. The Morgan fingerprint density at radius 2 is 1.56 bits per heavy atom. The Kier molecular flexibility index (Phi) is 4.20. The molecule has 0 fully saturated rings. The van der Waals surface area contributed by atoms with Gasteiger partial charge < -0.3 is 9.26 Å². The molecule has 0 saturated heterocycles. The monoisotopic (exact) mass is 347 g/mol. The highest BCUT2D eigenvalue weighted by Gasteiger charge is 2.09. The van der Waals surface area contributed by atoms with E-state index in [-0.39, 0.29) is 0 Å². The SMILES string of the molecule is COc1ccc2cc(-c3cc(-c4ccc(SC)cc4)no3)ccc2c1. The molecule has 0 radical (unpaired) electrons. The highest BCUT2D eigenvalue weighted by atomic mass is 32.2. The summed E-state index contributed by atoms with van der Waals surface area (Å²) >= 11 is 1.73. The number of nitrogens with zero attached hydrogens (tertiary/aromatic N) is 1. The average Bonchev–Trinajstić information content (AvgIpc) is 3.17. The lowest BCUT2D eigenvalue weighted by Gasteiger charge is -2.03. The van der Waals surface area contributed by atoms with E-state index in [1.165, 1.54) is 4.90 Å². The van der Waals surface area contributed by atoms with E-state index in [2.05, 4.69) is 53.9 Å². The number of fused-ring (bicyclic) bond motifs is 1. The third kappa shape index (κ3) is 3.13. The van der Waals surface area contributed by atoms with Crippen LogP contribution in [0, 0.1) is 0 Å². The van der Waals surface area contributed by atoms with E-state index in [1.807, 2.05) is 24.3 Å².